The van der Waals surface area contributed by atoms with Gasteiger partial charge in [-0.2, -0.15) is 10.4 Å². The van der Waals surface area contributed by atoms with Crippen molar-refractivity contribution >= 4 is 17.4 Å². The van der Waals surface area contributed by atoms with E-state index >= 15 is 0 Å². The molecule has 33 heavy (non-hydrogen) atoms. The molecule has 1 N–H and O–H groups in total. The van der Waals surface area contributed by atoms with Crippen molar-refractivity contribution < 1.29 is 4.79 Å². The number of fused-ring (bicyclic) bond motifs is 1. The van der Waals surface area contributed by atoms with E-state index in [-0.39, 0.29) is 25.3 Å². The summed E-state index contributed by atoms with van der Waals surface area (Å²) in [5, 5.41) is 16.5. The molecule has 4 rings (SSSR count). The van der Waals surface area contributed by atoms with Gasteiger partial charge in [0.2, 0.25) is 5.91 Å². The number of rotatable bonds is 6. The van der Waals surface area contributed by atoms with Gasteiger partial charge in [0.15, 0.2) is 5.82 Å². The number of anilines is 2. The molecule has 1 aliphatic rings. The molecular weight excluding hydrogens is 414 g/mol. The number of nitrogens with zero attached hydrogens (tertiary/aromatic N) is 6. The zero-order chi connectivity index (χ0) is 22.8. The number of carbonyl (C=O) groups excluding carboxylic acids is 1. The molecule has 3 aromatic rings. The molecule has 0 fully saturated rings. The Bertz CT molecular complexity index is 1190. The zero-order valence-corrected chi connectivity index (χ0v) is 18.8. The number of nitrogens with one attached hydrogen (secondary N) is 1. The Labute approximate surface area is 195 Å². The Morgan fingerprint density at radius 1 is 1.21 bits per heavy atom. The molecule has 1 aliphatic heterocycles. The molecule has 0 saturated carbocycles. The number of amides is 1. The molecule has 0 spiro atoms. The first-order chi connectivity index (χ1) is 15.4. The largest absolute Gasteiger partial charge is 0.346 e. The predicted molar refractivity (Wildman–Crippen MR) is 129 cm³/mol. The minimum absolute atomic E-state index is 0. The molecule has 2 aromatic heterocycles. The fourth-order valence-corrected chi connectivity index (χ4v) is 4.19. The van der Waals surface area contributed by atoms with Gasteiger partial charge < -0.3 is 10.2 Å². The van der Waals surface area contributed by atoms with Crippen molar-refractivity contribution in [3.8, 4) is 6.07 Å². The third-order valence-corrected chi connectivity index (χ3v) is 5.74. The Hall–Kier alpha value is -3.73. The highest BCUT2D eigenvalue weighted by atomic mass is 16.2. The highest BCUT2D eigenvalue weighted by molar-refractivity contribution is 6.03. The van der Waals surface area contributed by atoms with Crippen LogP contribution in [0.1, 0.15) is 49.5 Å². The Kier molecular flexibility index (Phi) is 7.12. The SMILES string of the molecule is C.Cc1nc(CCc2cnn(Cc3cccc(C#N)c3)c2)nc2c1NC(=O)[C@H](C(C)C)N2C. The van der Waals surface area contributed by atoms with Gasteiger partial charge in [-0.15, -0.1) is 0 Å². The van der Waals surface area contributed by atoms with Gasteiger partial charge >= 0.3 is 0 Å². The second-order valence-corrected chi connectivity index (χ2v) is 8.57. The normalized spacial score (nSPS) is 15.0. The minimum atomic E-state index is -0.248. The standard InChI is InChI=1S/C24H27N7O.CH4/c1-15(2)22-24(32)29-21-16(3)27-20(28-23(21)30(22)4)9-8-19-12-26-31(14-19)13-18-7-5-6-17(10-18)11-25;/h5-7,10,12,14-15,22H,8-9,13H2,1-4H3,(H,29,32);1H4/t22-;/m0./s1. The highest BCUT2D eigenvalue weighted by Crippen LogP contribution is 2.33. The van der Waals surface area contributed by atoms with E-state index in [1.165, 1.54) is 0 Å². The molecule has 0 radical (unpaired) electrons. The van der Waals surface area contributed by atoms with E-state index in [9.17, 15) is 4.79 Å². The van der Waals surface area contributed by atoms with Gasteiger partial charge in [-0.25, -0.2) is 9.97 Å². The highest BCUT2D eigenvalue weighted by Gasteiger charge is 2.35. The lowest BCUT2D eigenvalue weighted by molar-refractivity contribution is -0.118. The molecular formula is C25H31N7O. The van der Waals surface area contributed by atoms with Crippen LogP contribution in [-0.4, -0.2) is 38.7 Å². The summed E-state index contributed by atoms with van der Waals surface area (Å²) in [6.45, 7) is 6.59. The van der Waals surface area contributed by atoms with Crippen LogP contribution in [0.5, 0.6) is 0 Å². The van der Waals surface area contributed by atoms with E-state index in [2.05, 4.69) is 21.5 Å². The lowest BCUT2D eigenvalue weighted by Gasteiger charge is -2.36. The summed E-state index contributed by atoms with van der Waals surface area (Å²) in [5.41, 5.74) is 4.26. The molecule has 1 amide bonds. The number of aromatic nitrogens is 4. The number of hydrogen-bond acceptors (Lipinski definition) is 6. The summed E-state index contributed by atoms with van der Waals surface area (Å²) in [5.74, 6) is 1.69. The Morgan fingerprint density at radius 3 is 2.73 bits per heavy atom. The summed E-state index contributed by atoms with van der Waals surface area (Å²) < 4.78 is 1.88. The van der Waals surface area contributed by atoms with Crippen LogP contribution in [0.25, 0.3) is 0 Å². The summed E-state index contributed by atoms with van der Waals surface area (Å²) in [7, 11) is 1.92. The Morgan fingerprint density at radius 2 is 2.00 bits per heavy atom. The smallest absolute Gasteiger partial charge is 0.247 e. The van der Waals surface area contributed by atoms with Crippen LogP contribution in [0, 0.1) is 24.2 Å². The van der Waals surface area contributed by atoms with Crippen LogP contribution in [0.4, 0.5) is 11.5 Å². The van der Waals surface area contributed by atoms with Crippen molar-refractivity contribution in [1.29, 1.82) is 5.26 Å². The summed E-state index contributed by atoms with van der Waals surface area (Å²) in [6, 6.07) is 9.47. The van der Waals surface area contributed by atoms with Crippen LogP contribution >= 0.6 is 0 Å². The van der Waals surface area contributed by atoms with Crippen molar-refractivity contribution in [3.63, 3.8) is 0 Å². The fraction of sp³-hybridized carbons (Fsp3) is 0.400. The molecule has 0 unspecified atom stereocenters. The van der Waals surface area contributed by atoms with Gasteiger partial charge in [-0.3, -0.25) is 9.48 Å². The lowest BCUT2D eigenvalue weighted by Crippen LogP contribution is -2.49. The molecule has 0 aliphatic carbocycles. The van der Waals surface area contributed by atoms with E-state index in [1.54, 1.807) is 6.07 Å². The molecule has 8 heteroatoms. The van der Waals surface area contributed by atoms with E-state index in [0.717, 1.165) is 34.9 Å². The average Bonchev–Trinajstić information content (AvgIpc) is 3.20. The van der Waals surface area contributed by atoms with E-state index in [0.29, 0.717) is 24.2 Å². The number of aryl methyl sites for hydroxylation is 3. The quantitative estimate of drug-likeness (QED) is 0.620. The second-order valence-electron chi connectivity index (χ2n) is 8.57. The van der Waals surface area contributed by atoms with Crippen molar-refractivity contribution in [1.82, 2.24) is 19.7 Å². The van der Waals surface area contributed by atoms with E-state index in [4.69, 9.17) is 10.2 Å². The van der Waals surface area contributed by atoms with Crippen molar-refractivity contribution in [2.75, 3.05) is 17.3 Å². The maximum absolute atomic E-state index is 12.5. The number of hydrogen-bond donors (Lipinski definition) is 1. The lowest BCUT2D eigenvalue weighted by atomic mass is 9.99. The maximum Gasteiger partial charge on any atom is 0.247 e. The number of nitriles is 1. The van der Waals surface area contributed by atoms with Crippen LogP contribution < -0.4 is 10.2 Å². The molecule has 172 valence electrons. The summed E-state index contributed by atoms with van der Waals surface area (Å²) in [6.07, 6.45) is 5.32. The van der Waals surface area contributed by atoms with Crippen LogP contribution in [0.15, 0.2) is 36.7 Å². The van der Waals surface area contributed by atoms with Crippen LogP contribution in [0.3, 0.4) is 0 Å². The monoisotopic (exact) mass is 445 g/mol. The van der Waals surface area contributed by atoms with Gasteiger partial charge in [-0.1, -0.05) is 33.4 Å². The third kappa shape index (κ3) is 5.03. The van der Waals surface area contributed by atoms with Crippen molar-refractivity contribution in [2.24, 2.45) is 5.92 Å². The number of carbonyl (C=O) groups is 1. The van der Waals surface area contributed by atoms with Crippen LogP contribution in [0.2, 0.25) is 0 Å². The fourth-order valence-electron chi connectivity index (χ4n) is 4.19. The predicted octanol–water partition coefficient (Wildman–Crippen LogP) is 3.74. The van der Waals surface area contributed by atoms with Crippen molar-refractivity contribution in [3.05, 3.63) is 64.9 Å². The molecule has 1 atom stereocenters. The minimum Gasteiger partial charge on any atom is -0.346 e. The zero-order valence-electron chi connectivity index (χ0n) is 18.8. The second kappa shape index (κ2) is 9.82. The van der Waals surface area contributed by atoms with Crippen LogP contribution in [-0.2, 0) is 24.2 Å². The van der Waals surface area contributed by atoms with Gasteiger partial charge in [-0.05, 0) is 42.5 Å². The first kappa shape index (κ1) is 23.9. The van der Waals surface area contributed by atoms with Gasteiger partial charge in [0.1, 0.15) is 17.6 Å². The maximum atomic E-state index is 12.5. The third-order valence-electron chi connectivity index (χ3n) is 5.74. The van der Waals surface area contributed by atoms with Gasteiger partial charge in [0, 0.05) is 19.7 Å². The molecule has 1 aromatic carbocycles. The first-order valence-electron chi connectivity index (χ1n) is 10.8. The number of likely N-dealkylation sites (N-methyl/N-ethyl adjacent to an activating group) is 1. The topological polar surface area (TPSA) is 99.7 Å². The average molecular weight is 446 g/mol. The Balaban J connectivity index is 0.00000306. The summed E-state index contributed by atoms with van der Waals surface area (Å²) >= 11 is 0. The number of benzene rings is 1. The molecule has 3 heterocycles. The van der Waals surface area contributed by atoms with Gasteiger partial charge in [0.05, 0.1) is 30.1 Å². The van der Waals surface area contributed by atoms with E-state index in [1.807, 2.05) is 68.0 Å². The molecule has 0 bridgehead atoms. The molecule has 0 saturated heterocycles. The van der Waals surface area contributed by atoms with Gasteiger partial charge in [0.25, 0.3) is 0 Å². The first-order valence-corrected chi connectivity index (χ1v) is 10.8. The molecule has 8 nitrogen and oxygen atoms in total. The van der Waals surface area contributed by atoms with Crippen molar-refractivity contribution in [2.45, 2.75) is 53.6 Å². The summed E-state index contributed by atoms with van der Waals surface area (Å²) in [4.78, 5) is 23.9. The van der Waals surface area contributed by atoms with E-state index < -0.39 is 0 Å².